The smallest absolute Gasteiger partial charge is 0.187 e. The number of ketones is 1. The summed E-state index contributed by atoms with van der Waals surface area (Å²) in [4.78, 5) is 11.8. The summed E-state index contributed by atoms with van der Waals surface area (Å²) in [5, 5.41) is 11.9. The van der Waals surface area contributed by atoms with Crippen LogP contribution in [-0.2, 0) is 4.79 Å². The van der Waals surface area contributed by atoms with E-state index in [0.717, 1.165) is 12.8 Å². The largest absolute Gasteiger partial charge is 0.411 e. The van der Waals surface area contributed by atoms with Crippen LogP contribution in [0.4, 0.5) is 0 Å². The van der Waals surface area contributed by atoms with Crippen LogP contribution >= 0.6 is 0 Å². The van der Waals surface area contributed by atoms with Crippen molar-refractivity contribution in [2.75, 3.05) is 0 Å². The van der Waals surface area contributed by atoms with E-state index < -0.39 is 0 Å². The van der Waals surface area contributed by atoms with Crippen LogP contribution in [0.1, 0.15) is 33.6 Å². The second kappa shape index (κ2) is 2.14. The zero-order valence-electron chi connectivity index (χ0n) is 8.29. The van der Waals surface area contributed by atoms with Crippen molar-refractivity contribution >= 4 is 11.5 Å². The number of nitrogens with zero attached hydrogens (tertiary/aromatic N) is 1. The molecule has 2 fully saturated rings. The molecule has 2 saturated carbocycles. The van der Waals surface area contributed by atoms with E-state index in [0.29, 0.717) is 5.71 Å². The molecule has 0 aromatic carbocycles. The fourth-order valence-corrected chi connectivity index (χ4v) is 2.94. The molecule has 3 nitrogen and oxygen atoms in total. The minimum Gasteiger partial charge on any atom is -0.411 e. The predicted molar refractivity (Wildman–Crippen MR) is 48.8 cm³/mol. The third kappa shape index (κ3) is 0.713. The van der Waals surface area contributed by atoms with E-state index in [1.807, 2.05) is 6.92 Å². The SMILES string of the molecule is CC1(C)C2CC[C@]1(C)C(=O)C2=NO. The first-order valence-electron chi connectivity index (χ1n) is 4.72. The van der Waals surface area contributed by atoms with Gasteiger partial charge in [0, 0.05) is 11.3 Å². The molecule has 0 aliphatic heterocycles. The minimum atomic E-state index is -0.292. The maximum Gasteiger partial charge on any atom is 0.187 e. The van der Waals surface area contributed by atoms with Gasteiger partial charge in [-0.05, 0) is 18.3 Å². The number of rotatable bonds is 0. The van der Waals surface area contributed by atoms with Crippen LogP contribution in [-0.4, -0.2) is 16.7 Å². The van der Waals surface area contributed by atoms with Gasteiger partial charge in [0.1, 0.15) is 5.71 Å². The van der Waals surface area contributed by atoms with E-state index in [1.165, 1.54) is 0 Å². The Balaban J connectivity index is 2.57. The number of hydrogen-bond acceptors (Lipinski definition) is 3. The maximum atomic E-state index is 11.8. The average Bonchev–Trinajstić information content (AvgIpc) is 2.36. The predicted octanol–water partition coefficient (Wildman–Crippen LogP) is 1.84. The van der Waals surface area contributed by atoms with Crippen molar-refractivity contribution in [1.82, 2.24) is 0 Å². The Labute approximate surface area is 77.8 Å². The molecule has 1 N–H and O–H groups in total. The summed E-state index contributed by atoms with van der Waals surface area (Å²) in [5.74, 6) is 0.214. The molecule has 0 amide bonds. The van der Waals surface area contributed by atoms with Crippen LogP contribution in [0.2, 0.25) is 0 Å². The number of fused-ring (bicyclic) bond motifs is 2. The molecule has 2 bridgehead atoms. The zero-order valence-corrected chi connectivity index (χ0v) is 8.29. The van der Waals surface area contributed by atoms with Crippen molar-refractivity contribution in [2.24, 2.45) is 21.9 Å². The summed E-state index contributed by atoms with van der Waals surface area (Å²) in [5.41, 5.74) is 0.0731. The van der Waals surface area contributed by atoms with Gasteiger partial charge in [0.15, 0.2) is 5.78 Å². The molecule has 0 aromatic rings. The van der Waals surface area contributed by atoms with Gasteiger partial charge in [-0.2, -0.15) is 0 Å². The monoisotopic (exact) mass is 181 g/mol. The lowest BCUT2D eigenvalue weighted by Crippen LogP contribution is -2.33. The van der Waals surface area contributed by atoms with E-state index >= 15 is 0 Å². The summed E-state index contributed by atoms with van der Waals surface area (Å²) in [6.45, 7) is 6.19. The van der Waals surface area contributed by atoms with Crippen LogP contribution in [0.3, 0.4) is 0 Å². The van der Waals surface area contributed by atoms with Crippen LogP contribution in [0.5, 0.6) is 0 Å². The first-order valence-corrected chi connectivity index (χ1v) is 4.72. The Morgan fingerprint density at radius 3 is 2.38 bits per heavy atom. The second-order valence-corrected chi connectivity index (χ2v) is 4.96. The highest BCUT2D eigenvalue weighted by molar-refractivity contribution is 6.45. The summed E-state index contributed by atoms with van der Waals surface area (Å²) < 4.78 is 0. The third-order valence-electron chi connectivity index (χ3n) is 4.40. The quantitative estimate of drug-likeness (QED) is 0.458. The minimum absolute atomic E-state index is 0.0361. The van der Waals surface area contributed by atoms with Crippen molar-refractivity contribution in [3.8, 4) is 0 Å². The lowest BCUT2D eigenvalue weighted by atomic mass is 9.70. The standard InChI is InChI=1S/C10H15NO2/c1-9(2)6-4-5-10(9,3)8(12)7(6)11-13/h6,13H,4-5H2,1-3H3/t6?,10-/m1/s1. The van der Waals surface area contributed by atoms with Crippen molar-refractivity contribution < 1.29 is 10.0 Å². The molecule has 0 aromatic heterocycles. The maximum absolute atomic E-state index is 11.8. The van der Waals surface area contributed by atoms with E-state index in [-0.39, 0.29) is 22.5 Å². The second-order valence-electron chi connectivity index (χ2n) is 4.96. The number of carbonyl (C=O) groups is 1. The summed E-state index contributed by atoms with van der Waals surface area (Å²) in [7, 11) is 0. The van der Waals surface area contributed by atoms with Crippen molar-refractivity contribution in [1.29, 1.82) is 0 Å². The van der Waals surface area contributed by atoms with Crippen LogP contribution in [0.25, 0.3) is 0 Å². The Hall–Kier alpha value is -0.860. The van der Waals surface area contributed by atoms with Gasteiger partial charge >= 0.3 is 0 Å². The molecule has 2 rings (SSSR count). The van der Waals surface area contributed by atoms with Gasteiger partial charge in [-0.3, -0.25) is 4.79 Å². The fraction of sp³-hybridized carbons (Fsp3) is 0.800. The molecule has 2 atom stereocenters. The first kappa shape index (κ1) is 8.73. The van der Waals surface area contributed by atoms with Gasteiger partial charge in [-0.25, -0.2) is 0 Å². The number of oxime groups is 1. The van der Waals surface area contributed by atoms with Crippen LogP contribution < -0.4 is 0 Å². The first-order chi connectivity index (χ1) is 5.95. The fourth-order valence-electron chi connectivity index (χ4n) is 2.94. The molecule has 0 radical (unpaired) electrons. The highest BCUT2D eigenvalue weighted by Crippen LogP contribution is 2.62. The van der Waals surface area contributed by atoms with Crippen LogP contribution in [0, 0.1) is 16.7 Å². The molecule has 0 heterocycles. The lowest BCUT2D eigenvalue weighted by molar-refractivity contribution is -0.123. The highest BCUT2D eigenvalue weighted by Gasteiger charge is 2.65. The third-order valence-corrected chi connectivity index (χ3v) is 4.40. The Morgan fingerprint density at radius 1 is 1.46 bits per heavy atom. The number of hydrogen-bond donors (Lipinski definition) is 1. The van der Waals surface area contributed by atoms with Crippen molar-refractivity contribution in [3.63, 3.8) is 0 Å². The Bertz CT molecular complexity index is 306. The van der Waals surface area contributed by atoms with Gasteiger partial charge in [0.05, 0.1) is 0 Å². The molecular formula is C10H15NO2. The summed E-state index contributed by atoms with van der Waals surface area (Å²) >= 11 is 0. The lowest BCUT2D eigenvalue weighted by Gasteiger charge is -2.31. The van der Waals surface area contributed by atoms with Crippen molar-refractivity contribution in [3.05, 3.63) is 0 Å². The van der Waals surface area contributed by atoms with Gasteiger partial charge in [-0.1, -0.05) is 25.9 Å². The van der Waals surface area contributed by atoms with Crippen LogP contribution in [0.15, 0.2) is 5.16 Å². The molecular weight excluding hydrogens is 166 g/mol. The highest BCUT2D eigenvalue weighted by atomic mass is 16.4. The Kier molecular flexibility index (Phi) is 1.44. The molecule has 3 heteroatoms. The van der Waals surface area contributed by atoms with Gasteiger partial charge in [0.2, 0.25) is 0 Å². The van der Waals surface area contributed by atoms with E-state index in [1.54, 1.807) is 0 Å². The molecule has 0 spiro atoms. The molecule has 72 valence electrons. The summed E-state index contributed by atoms with van der Waals surface area (Å²) in [6, 6.07) is 0. The van der Waals surface area contributed by atoms with Gasteiger partial charge in [-0.15, -0.1) is 0 Å². The average molecular weight is 181 g/mol. The summed E-state index contributed by atoms with van der Waals surface area (Å²) in [6.07, 6.45) is 1.91. The number of carbonyl (C=O) groups excluding carboxylic acids is 1. The molecule has 2 aliphatic rings. The topological polar surface area (TPSA) is 49.7 Å². The van der Waals surface area contributed by atoms with E-state index in [9.17, 15) is 4.79 Å². The molecule has 0 saturated heterocycles. The molecule has 1 unspecified atom stereocenters. The normalized spacial score (nSPS) is 44.7. The molecule has 13 heavy (non-hydrogen) atoms. The Morgan fingerprint density at radius 2 is 2.08 bits per heavy atom. The molecule has 2 aliphatic carbocycles. The van der Waals surface area contributed by atoms with Gasteiger partial charge < -0.3 is 5.21 Å². The van der Waals surface area contributed by atoms with Crippen molar-refractivity contribution in [2.45, 2.75) is 33.6 Å². The van der Waals surface area contributed by atoms with E-state index in [2.05, 4.69) is 19.0 Å². The zero-order chi connectivity index (χ0) is 9.85. The van der Waals surface area contributed by atoms with Gasteiger partial charge in [0.25, 0.3) is 0 Å². The van der Waals surface area contributed by atoms with E-state index in [4.69, 9.17) is 5.21 Å². The number of Topliss-reactive ketones (excluding diaryl/α,β-unsaturated/α-hetero) is 1.